The first-order chi connectivity index (χ1) is 13.8. The van der Waals surface area contributed by atoms with Gasteiger partial charge in [0.25, 0.3) is 5.69 Å². The number of rotatable bonds is 4. The van der Waals surface area contributed by atoms with Crippen LogP contribution in [0.25, 0.3) is 0 Å². The number of aromatic nitrogens is 1. The van der Waals surface area contributed by atoms with Crippen molar-refractivity contribution in [3.05, 3.63) is 50.9 Å². The SMILES string of the molecule is O=[N+]([O-])c1cc(C(F)(F)F)ccc1N1CCN(Cc2noc3c2CCCC3)CC1. The second-order valence-corrected chi connectivity index (χ2v) is 7.46. The minimum Gasteiger partial charge on any atom is -0.363 e. The number of hydrogen-bond acceptors (Lipinski definition) is 6. The predicted molar refractivity (Wildman–Crippen MR) is 98.7 cm³/mol. The van der Waals surface area contributed by atoms with Gasteiger partial charge in [0.15, 0.2) is 0 Å². The number of hydrogen-bond donors (Lipinski definition) is 0. The second-order valence-electron chi connectivity index (χ2n) is 7.46. The highest BCUT2D eigenvalue weighted by Gasteiger charge is 2.34. The molecule has 0 radical (unpaired) electrons. The molecule has 156 valence electrons. The lowest BCUT2D eigenvalue weighted by Crippen LogP contribution is -2.46. The first-order valence-corrected chi connectivity index (χ1v) is 9.62. The smallest absolute Gasteiger partial charge is 0.363 e. The van der Waals surface area contributed by atoms with Crippen LogP contribution in [0.3, 0.4) is 0 Å². The molecular weight excluding hydrogens is 389 g/mol. The zero-order valence-electron chi connectivity index (χ0n) is 15.7. The van der Waals surface area contributed by atoms with Crippen LogP contribution in [-0.2, 0) is 25.6 Å². The lowest BCUT2D eigenvalue weighted by Gasteiger charge is -2.35. The number of nitro benzene ring substituents is 1. The average molecular weight is 410 g/mol. The number of benzene rings is 1. The molecule has 0 amide bonds. The van der Waals surface area contributed by atoms with Gasteiger partial charge in [0, 0.05) is 50.8 Å². The Morgan fingerprint density at radius 3 is 2.55 bits per heavy atom. The molecule has 2 heterocycles. The van der Waals surface area contributed by atoms with E-state index in [-0.39, 0.29) is 5.69 Å². The predicted octanol–water partition coefficient (Wildman–Crippen LogP) is 3.80. The van der Waals surface area contributed by atoms with E-state index in [9.17, 15) is 23.3 Å². The summed E-state index contributed by atoms with van der Waals surface area (Å²) in [5, 5.41) is 15.6. The first kappa shape index (κ1) is 19.7. The van der Waals surface area contributed by atoms with E-state index < -0.39 is 22.4 Å². The first-order valence-electron chi connectivity index (χ1n) is 9.62. The Hall–Kier alpha value is -2.62. The van der Waals surface area contributed by atoms with Gasteiger partial charge in [-0.15, -0.1) is 0 Å². The molecule has 1 aliphatic heterocycles. The number of piperazine rings is 1. The highest BCUT2D eigenvalue weighted by atomic mass is 19.4. The van der Waals surface area contributed by atoms with Gasteiger partial charge in [0.1, 0.15) is 17.1 Å². The number of nitro groups is 1. The van der Waals surface area contributed by atoms with E-state index in [0.717, 1.165) is 43.2 Å². The normalized spacial score (nSPS) is 18.0. The van der Waals surface area contributed by atoms with Crippen molar-refractivity contribution in [2.75, 3.05) is 31.1 Å². The van der Waals surface area contributed by atoms with E-state index in [2.05, 4.69) is 10.1 Å². The zero-order valence-corrected chi connectivity index (χ0v) is 15.7. The Kier molecular flexibility index (Phi) is 5.20. The maximum atomic E-state index is 12.9. The van der Waals surface area contributed by atoms with E-state index in [0.29, 0.717) is 38.8 Å². The van der Waals surface area contributed by atoms with Crippen LogP contribution >= 0.6 is 0 Å². The van der Waals surface area contributed by atoms with Gasteiger partial charge < -0.3 is 9.42 Å². The number of aryl methyl sites for hydroxylation is 1. The van der Waals surface area contributed by atoms with Crippen LogP contribution in [0.15, 0.2) is 22.7 Å². The quantitative estimate of drug-likeness (QED) is 0.564. The van der Waals surface area contributed by atoms with Crippen LogP contribution in [0.2, 0.25) is 0 Å². The Bertz CT molecular complexity index is 905. The van der Waals surface area contributed by atoms with Crippen molar-refractivity contribution < 1.29 is 22.6 Å². The fourth-order valence-electron chi connectivity index (χ4n) is 4.05. The molecule has 1 aromatic heterocycles. The third kappa shape index (κ3) is 4.07. The van der Waals surface area contributed by atoms with Gasteiger partial charge in [-0.05, 0) is 31.4 Å². The molecule has 0 spiro atoms. The van der Waals surface area contributed by atoms with Crippen LogP contribution in [0.4, 0.5) is 24.5 Å². The van der Waals surface area contributed by atoms with E-state index in [4.69, 9.17) is 4.52 Å². The molecule has 2 aromatic rings. The van der Waals surface area contributed by atoms with Crippen LogP contribution < -0.4 is 4.90 Å². The summed E-state index contributed by atoms with van der Waals surface area (Å²) in [6, 6.07) is 2.71. The van der Waals surface area contributed by atoms with Gasteiger partial charge in [0.2, 0.25) is 0 Å². The van der Waals surface area contributed by atoms with Crippen molar-refractivity contribution >= 4 is 11.4 Å². The van der Waals surface area contributed by atoms with Crippen LogP contribution in [0, 0.1) is 10.1 Å². The van der Waals surface area contributed by atoms with Crippen molar-refractivity contribution in [1.82, 2.24) is 10.1 Å². The summed E-state index contributed by atoms with van der Waals surface area (Å²) in [7, 11) is 0. The molecule has 0 N–H and O–H groups in total. The van der Waals surface area contributed by atoms with Gasteiger partial charge in [-0.1, -0.05) is 5.16 Å². The van der Waals surface area contributed by atoms with Crippen molar-refractivity contribution in [2.24, 2.45) is 0 Å². The summed E-state index contributed by atoms with van der Waals surface area (Å²) in [6.45, 7) is 2.92. The Morgan fingerprint density at radius 1 is 1.14 bits per heavy atom. The average Bonchev–Trinajstić information content (AvgIpc) is 3.10. The fourth-order valence-corrected chi connectivity index (χ4v) is 4.05. The molecule has 1 saturated heterocycles. The van der Waals surface area contributed by atoms with Crippen LogP contribution in [0.5, 0.6) is 0 Å². The highest BCUT2D eigenvalue weighted by Crippen LogP contribution is 2.37. The lowest BCUT2D eigenvalue weighted by molar-refractivity contribution is -0.384. The van der Waals surface area contributed by atoms with Crippen molar-refractivity contribution in [3.63, 3.8) is 0 Å². The van der Waals surface area contributed by atoms with Crippen molar-refractivity contribution in [1.29, 1.82) is 0 Å². The summed E-state index contributed by atoms with van der Waals surface area (Å²) in [4.78, 5) is 14.6. The number of nitrogens with zero attached hydrogens (tertiary/aromatic N) is 4. The molecule has 0 bridgehead atoms. The highest BCUT2D eigenvalue weighted by molar-refractivity contribution is 5.65. The Morgan fingerprint density at radius 2 is 1.86 bits per heavy atom. The minimum absolute atomic E-state index is 0.224. The molecule has 29 heavy (non-hydrogen) atoms. The van der Waals surface area contributed by atoms with Crippen molar-refractivity contribution in [3.8, 4) is 0 Å². The third-order valence-electron chi connectivity index (χ3n) is 5.62. The molecule has 1 aliphatic carbocycles. The molecule has 0 atom stereocenters. The van der Waals surface area contributed by atoms with E-state index in [1.165, 1.54) is 11.6 Å². The monoisotopic (exact) mass is 410 g/mol. The fraction of sp³-hybridized carbons (Fsp3) is 0.526. The Labute approximate surface area is 165 Å². The van der Waals surface area contributed by atoms with E-state index in [1.54, 1.807) is 4.90 Å². The van der Waals surface area contributed by atoms with Crippen molar-refractivity contribution in [2.45, 2.75) is 38.4 Å². The third-order valence-corrected chi connectivity index (χ3v) is 5.62. The van der Waals surface area contributed by atoms with Gasteiger partial charge in [0.05, 0.1) is 10.5 Å². The molecular formula is C19H21F3N4O3. The molecule has 1 fully saturated rings. The maximum absolute atomic E-state index is 12.9. The topological polar surface area (TPSA) is 75.7 Å². The minimum atomic E-state index is -4.61. The molecule has 0 saturated carbocycles. The molecule has 2 aliphatic rings. The van der Waals surface area contributed by atoms with Gasteiger partial charge >= 0.3 is 6.18 Å². The molecule has 1 aromatic carbocycles. The van der Waals surface area contributed by atoms with Gasteiger partial charge in [-0.25, -0.2) is 0 Å². The summed E-state index contributed by atoms with van der Waals surface area (Å²) in [5.74, 6) is 0.977. The number of fused-ring (bicyclic) bond motifs is 1. The number of halogens is 3. The maximum Gasteiger partial charge on any atom is 0.416 e. The van der Waals surface area contributed by atoms with Gasteiger partial charge in [-0.3, -0.25) is 15.0 Å². The standard InChI is InChI=1S/C19H21F3N4O3/c20-19(21,22)13-5-6-16(17(11-13)26(27)28)25-9-7-24(8-10-25)12-15-14-3-1-2-4-18(14)29-23-15/h5-6,11H,1-4,7-10,12H2. The summed E-state index contributed by atoms with van der Waals surface area (Å²) in [5.41, 5.74) is 0.855. The van der Waals surface area contributed by atoms with Crippen LogP contribution in [0.1, 0.15) is 35.4 Å². The second kappa shape index (κ2) is 7.66. The summed E-state index contributed by atoms with van der Waals surface area (Å²) in [6.07, 6.45) is -0.461. The lowest BCUT2D eigenvalue weighted by atomic mass is 9.96. The number of alkyl halides is 3. The van der Waals surface area contributed by atoms with Gasteiger partial charge in [-0.2, -0.15) is 13.2 Å². The molecule has 4 rings (SSSR count). The van der Waals surface area contributed by atoms with E-state index in [1.807, 2.05) is 0 Å². The van der Waals surface area contributed by atoms with E-state index >= 15 is 0 Å². The summed E-state index contributed by atoms with van der Waals surface area (Å²) >= 11 is 0. The number of anilines is 1. The largest absolute Gasteiger partial charge is 0.416 e. The molecule has 7 nitrogen and oxygen atoms in total. The zero-order chi connectivity index (χ0) is 20.6. The Balaban J connectivity index is 1.44. The van der Waals surface area contributed by atoms with Crippen LogP contribution in [-0.4, -0.2) is 41.2 Å². The molecule has 0 unspecified atom stereocenters. The molecule has 10 heteroatoms. The summed E-state index contributed by atoms with van der Waals surface area (Å²) < 4.78 is 44.1.